The van der Waals surface area contributed by atoms with Crippen LogP contribution >= 0.6 is 11.9 Å². The van der Waals surface area contributed by atoms with Crippen molar-refractivity contribution in [2.75, 3.05) is 26.3 Å². The number of hydrogen-bond acceptors (Lipinski definition) is 9. The second-order valence-corrected chi connectivity index (χ2v) is 9.38. The fourth-order valence-corrected chi connectivity index (χ4v) is 4.81. The molecule has 0 aliphatic carbocycles. The van der Waals surface area contributed by atoms with Gasteiger partial charge in [-0.25, -0.2) is 19.7 Å². The fraction of sp³-hybridized carbons (Fsp3) is 0.333. The lowest BCUT2D eigenvalue weighted by atomic mass is 10.2. The van der Waals surface area contributed by atoms with Crippen molar-refractivity contribution in [3.05, 3.63) is 66.2 Å². The van der Waals surface area contributed by atoms with Crippen molar-refractivity contribution in [1.29, 1.82) is 0 Å². The number of aromatic nitrogens is 1. The van der Waals surface area contributed by atoms with Gasteiger partial charge in [0.15, 0.2) is 11.9 Å². The summed E-state index contributed by atoms with van der Waals surface area (Å²) in [5.74, 6) is 1.27. The van der Waals surface area contributed by atoms with Crippen molar-refractivity contribution in [3.8, 4) is 17.1 Å². The Morgan fingerprint density at radius 3 is 2.67 bits per heavy atom. The molecule has 0 radical (unpaired) electrons. The molecule has 8 nitrogen and oxygen atoms in total. The number of amidine groups is 1. The summed E-state index contributed by atoms with van der Waals surface area (Å²) < 4.78 is 54.6. The zero-order valence-electron chi connectivity index (χ0n) is 19.4. The first-order chi connectivity index (χ1) is 17.3. The van der Waals surface area contributed by atoms with Gasteiger partial charge >= 0.3 is 6.36 Å². The quantitative estimate of drug-likeness (QED) is 0.437. The van der Waals surface area contributed by atoms with E-state index in [2.05, 4.69) is 42.6 Å². The van der Waals surface area contributed by atoms with Crippen LogP contribution in [0.4, 0.5) is 13.2 Å². The summed E-state index contributed by atoms with van der Waals surface area (Å²) in [6.07, 6.45) is -3.71. The largest absolute Gasteiger partial charge is 0.573 e. The molecule has 0 bridgehead atoms. The van der Waals surface area contributed by atoms with Gasteiger partial charge in [0.05, 0.1) is 26.0 Å². The van der Waals surface area contributed by atoms with Crippen molar-refractivity contribution in [1.82, 2.24) is 19.7 Å². The fourth-order valence-electron chi connectivity index (χ4n) is 3.84. The number of nitrogens with one attached hydrogen (secondary N) is 1. The number of morpholine rings is 1. The van der Waals surface area contributed by atoms with Gasteiger partial charge < -0.3 is 13.9 Å². The SMILES string of the molecule is CC1=NC(c2ncc(-c3ccc(OC(F)(F)F)cc3)o2)NN1Cc1cccc(SN2CCOCC2)c1. The normalized spacial score (nSPS) is 18.9. The Morgan fingerprint density at radius 2 is 1.92 bits per heavy atom. The summed E-state index contributed by atoms with van der Waals surface area (Å²) in [7, 11) is 0. The number of ether oxygens (including phenoxy) is 2. The van der Waals surface area contributed by atoms with Crippen LogP contribution in [-0.4, -0.2) is 52.8 Å². The average Bonchev–Trinajstić information content (AvgIpc) is 3.47. The summed E-state index contributed by atoms with van der Waals surface area (Å²) in [6, 6.07) is 13.8. The molecule has 1 saturated heterocycles. The van der Waals surface area contributed by atoms with Gasteiger partial charge in [-0.1, -0.05) is 12.1 Å². The van der Waals surface area contributed by atoms with E-state index in [1.165, 1.54) is 35.4 Å². The molecule has 2 aliphatic rings. The third-order valence-electron chi connectivity index (χ3n) is 5.56. The number of hydrazine groups is 1. The maximum absolute atomic E-state index is 12.4. The molecule has 3 heterocycles. The number of halogens is 3. The summed E-state index contributed by atoms with van der Waals surface area (Å²) in [6.45, 7) is 5.82. The zero-order valence-corrected chi connectivity index (χ0v) is 20.2. The van der Waals surface area contributed by atoms with Crippen molar-refractivity contribution >= 4 is 17.8 Å². The molecule has 1 N–H and O–H groups in total. The molecular formula is C24H24F3N5O3S. The lowest BCUT2D eigenvalue weighted by Crippen LogP contribution is -2.36. The molecule has 190 valence electrons. The molecule has 0 amide bonds. The van der Waals surface area contributed by atoms with Gasteiger partial charge in [0, 0.05) is 23.5 Å². The highest BCUT2D eigenvalue weighted by atomic mass is 32.2. The van der Waals surface area contributed by atoms with Crippen LogP contribution in [-0.2, 0) is 11.3 Å². The molecule has 1 unspecified atom stereocenters. The van der Waals surface area contributed by atoms with Crippen molar-refractivity contribution in [2.24, 2.45) is 4.99 Å². The molecule has 0 saturated carbocycles. The molecule has 2 aromatic carbocycles. The Labute approximate surface area is 210 Å². The number of nitrogens with zero attached hydrogens (tertiary/aromatic N) is 4. The molecule has 12 heteroatoms. The van der Waals surface area contributed by atoms with E-state index in [0.717, 1.165) is 37.7 Å². The Bertz CT molecular complexity index is 1210. The standard InChI is InChI=1S/C24H24F3N5O3S/c1-16-29-22(23-28-14-21(34-23)18-5-7-19(8-6-18)35-24(25,26)27)30-32(16)15-17-3-2-4-20(13-17)36-31-9-11-33-12-10-31/h2-8,13-14,22,30H,9-12,15H2,1H3. The molecular weight excluding hydrogens is 495 g/mol. The van der Waals surface area contributed by atoms with Crippen LogP contribution in [0.15, 0.2) is 69.0 Å². The molecule has 0 spiro atoms. The molecule has 1 fully saturated rings. The Morgan fingerprint density at radius 1 is 1.14 bits per heavy atom. The van der Waals surface area contributed by atoms with E-state index in [-0.39, 0.29) is 5.75 Å². The van der Waals surface area contributed by atoms with Crippen molar-refractivity contribution < 1.29 is 27.1 Å². The smallest absolute Gasteiger partial charge is 0.437 e. The predicted molar refractivity (Wildman–Crippen MR) is 128 cm³/mol. The number of oxazole rings is 1. The molecule has 3 aromatic rings. The highest BCUT2D eigenvalue weighted by Crippen LogP contribution is 2.30. The minimum Gasteiger partial charge on any atom is -0.437 e. The first-order valence-electron chi connectivity index (χ1n) is 11.3. The van der Waals surface area contributed by atoms with E-state index in [1.807, 2.05) is 18.0 Å². The topological polar surface area (TPSA) is 75.4 Å². The molecule has 5 rings (SSSR count). The number of benzene rings is 2. The molecule has 1 atom stereocenters. The van der Waals surface area contributed by atoms with Crippen LogP contribution in [0.25, 0.3) is 11.3 Å². The molecule has 2 aliphatic heterocycles. The van der Waals surface area contributed by atoms with E-state index in [4.69, 9.17) is 9.15 Å². The number of rotatable bonds is 7. The number of alkyl halides is 3. The van der Waals surface area contributed by atoms with E-state index in [0.29, 0.717) is 23.8 Å². The minimum atomic E-state index is -4.74. The second kappa shape index (κ2) is 10.5. The number of aliphatic imine (C=N–C) groups is 1. The number of hydrogen-bond donors (Lipinski definition) is 1. The van der Waals surface area contributed by atoms with Gasteiger partial charge in [-0.05, 0) is 60.8 Å². The second-order valence-electron chi connectivity index (χ2n) is 8.21. The van der Waals surface area contributed by atoms with E-state index in [1.54, 1.807) is 11.9 Å². The van der Waals surface area contributed by atoms with E-state index >= 15 is 0 Å². The van der Waals surface area contributed by atoms with E-state index in [9.17, 15) is 13.2 Å². The Kier molecular flexibility index (Phi) is 7.19. The summed E-state index contributed by atoms with van der Waals surface area (Å²) in [4.78, 5) is 10.1. The maximum atomic E-state index is 12.4. The van der Waals surface area contributed by atoms with Gasteiger partial charge in [0.2, 0.25) is 5.89 Å². The van der Waals surface area contributed by atoms with Crippen LogP contribution in [0.1, 0.15) is 24.5 Å². The third-order valence-corrected chi connectivity index (χ3v) is 6.65. The van der Waals surface area contributed by atoms with Crippen molar-refractivity contribution in [2.45, 2.75) is 30.9 Å². The van der Waals surface area contributed by atoms with E-state index < -0.39 is 12.5 Å². The first kappa shape index (κ1) is 24.6. The maximum Gasteiger partial charge on any atom is 0.573 e. The predicted octanol–water partition coefficient (Wildman–Crippen LogP) is 5.02. The summed E-state index contributed by atoms with van der Waals surface area (Å²) in [5, 5.41) is 1.94. The van der Waals surface area contributed by atoms with Gasteiger partial charge in [0.25, 0.3) is 0 Å². The third kappa shape index (κ3) is 6.19. The monoisotopic (exact) mass is 519 g/mol. The molecule has 36 heavy (non-hydrogen) atoms. The van der Waals surface area contributed by atoms with Crippen LogP contribution in [0, 0.1) is 0 Å². The van der Waals surface area contributed by atoms with Crippen LogP contribution in [0.3, 0.4) is 0 Å². The van der Waals surface area contributed by atoms with Crippen molar-refractivity contribution in [3.63, 3.8) is 0 Å². The Hall–Kier alpha value is -3.06. The lowest BCUT2D eigenvalue weighted by molar-refractivity contribution is -0.274. The highest BCUT2D eigenvalue weighted by Gasteiger charge is 2.31. The Balaban J connectivity index is 1.21. The highest BCUT2D eigenvalue weighted by molar-refractivity contribution is 7.97. The molecule has 1 aromatic heterocycles. The lowest BCUT2D eigenvalue weighted by Gasteiger charge is -2.25. The summed E-state index contributed by atoms with van der Waals surface area (Å²) in [5.41, 5.74) is 5.01. The first-order valence-corrected chi connectivity index (χ1v) is 12.1. The van der Waals surface area contributed by atoms with Gasteiger partial charge in [-0.15, -0.1) is 13.2 Å². The van der Waals surface area contributed by atoms with Gasteiger partial charge in [0.1, 0.15) is 11.6 Å². The average molecular weight is 520 g/mol. The van der Waals surface area contributed by atoms with Crippen LogP contribution < -0.4 is 10.2 Å². The summed E-state index contributed by atoms with van der Waals surface area (Å²) >= 11 is 1.73. The minimum absolute atomic E-state index is 0.299. The van der Waals surface area contributed by atoms with Gasteiger partial charge in [-0.2, -0.15) is 0 Å². The van der Waals surface area contributed by atoms with Crippen LogP contribution in [0.5, 0.6) is 5.75 Å². The zero-order chi connectivity index (χ0) is 25.1. The van der Waals surface area contributed by atoms with Crippen LogP contribution in [0.2, 0.25) is 0 Å². The van der Waals surface area contributed by atoms with Gasteiger partial charge in [-0.3, -0.25) is 5.01 Å².